The average Bonchev–Trinajstić information content (AvgIpc) is 3.42. The second-order valence-corrected chi connectivity index (χ2v) is 7.54. The predicted molar refractivity (Wildman–Crippen MR) is 111 cm³/mol. The average molecular weight is 396 g/mol. The van der Waals surface area contributed by atoms with Crippen LogP contribution in [-0.2, 0) is 11.3 Å². The molecule has 0 aliphatic carbocycles. The molecule has 2 aliphatic heterocycles. The van der Waals surface area contributed by atoms with Crippen LogP contribution in [-0.4, -0.2) is 53.1 Å². The highest BCUT2D eigenvalue weighted by Crippen LogP contribution is 2.38. The molecule has 1 saturated heterocycles. The molecule has 1 amide bonds. The topological polar surface area (TPSA) is 86.9 Å². The number of aliphatic imine (C=N–C) groups is 1. The van der Waals surface area contributed by atoms with E-state index in [0.29, 0.717) is 36.5 Å². The largest absolute Gasteiger partial charge is 0.356 e. The number of fused-ring (bicyclic) bond motifs is 1. The zero-order chi connectivity index (χ0) is 20.2. The first-order chi connectivity index (χ1) is 14.2. The predicted octanol–water partition coefficient (Wildman–Crippen LogP) is 2.46. The van der Waals surface area contributed by atoms with Crippen LogP contribution in [0.1, 0.15) is 49.4 Å². The Labute approximate surface area is 171 Å². The third kappa shape index (κ3) is 4.26. The van der Waals surface area contributed by atoms with Crippen molar-refractivity contribution in [2.24, 2.45) is 4.99 Å². The minimum absolute atomic E-state index is 0.290. The van der Waals surface area contributed by atoms with Gasteiger partial charge in [-0.2, -0.15) is 4.98 Å². The highest BCUT2D eigenvalue weighted by Gasteiger charge is 2.32. The highest BCUT2D eigenvalue weighted by atomic mass is 16.5. The first-order valence-corrected chi connectivity index (χ1v) is 10.4. The van der Waals surface area contributed by atoms with Crippen LogP contribution >= 0.6 is 0 Å². The molecule has 8 nitrogen and oxygen atoms in total. The number of carbonyl (C=O) groups excluding carboxylic acids is 1. The number of benzene rings is 1. The number of likely N-dealkylation sites (tertiary alicyclic amines) is 1. The number of anilines is 1. The Balaban J connectivity index is 1.51. The molecule has 1 aromatic carbocycles. The summed E-state index contributed by atoms with van der Waals surface area (Å²) in [7, 11) is 0. The molecule has 1 N–H and O–H groups in total. The minimum atomic E-state index is 0.290. The van der Waals surface area contributed by atoms with Gasteiger partial charge < -0.3 is 19.6 Å². The molecule has 3 heterocycles. The number of guanidine groups is 1. The number of nitrogens with one attached hydrogen (secondary N) is 1. The Kier molecular flexibility index (Phi) is 5.78. The maximum absolute atomic E-state index is 12.0. The summed E-state index contributed by atoms with van der Waals surface area (Å²) in [5.41, 5.74) is 2.49. The van der Waals surface area contributed by atoms with E-state index >= 15 is 0 Å². The molecule has 2 aromatic rings. The fraction of sp³-hybridized carbons (Fsp3) is 0.524. The van der Waals surface area contributed by atoms with Gasteiger partial charge in [0.1, 0.15) is 6.54 Å². The third-order valence-electron chi connectivity index (χ3n) is 5.52. The van der Waals surface area contributed by atoms with Crippen LogP contribution in [0.2, 0.25) is 0 Å². The lowest BCUT2D eigenvalue weighted by Crippen LogP contribution is -2.41. The van der Waals surface area contributed by atoms with E-state index in [-0.39, 0.29) is 0 Å². The van der Waals surface area contributed by atoms with E-state index < -0.39 is 0 Å². The maximum Gasteiger partial charge on any atom is 0.223 e. The second kappa shape index (κ2) is 8.63. The van der Waals surface area contributed by atoms with Gasteiger partial charge in [0, 0.05) is 51.1 Å². The van der Waals surface area contributed by atoms with Crippen molar-refractivity contribution in [3.8, 4) is 0 Å². The Morgan fingerprint density at radius 3 is 2.97 bits per heavy atom. The number of para-hydroxylation sites is 1. The number of rotatable bonds is 6. The molecule has 4 rings (SSSR count). The molecule has 0 spiro atoms. The van der Waals surface area contributed by atoms with Crippen LogP contribution in [0.5, 0.6) is 0 Å². The van der Waals surface area contributed by atoms with E-state index in [1.54, 1.807) is 6.92 Å². The highest BCUT2D eigenvalue weighted by molar-refractivity contribution is 5.98. The summed E-state index contributed by atoms with van der Waals surface area (Å²) in [6, 6.07) is 8.48. The van der Waals surface area contributed by atoms with E-state index in [0.717, 1.165) is 45.0 Å². The SMILES string of the molecule is CCNC(=NCc1noc(C)n1)N1CC(CCN2CCCC2=O)c2ccccc21. The summed E-state index contributed by atoms with van der Waals surface area (Å²) < 4.78 is 5.05. The maximum atomic E-state index is 12.0. The van der Waals surface area contributed by atoms with Crippen LogP contribution in [0.25, 0.3) is 0 Å². The van der Waals surface area contributed by atoms with Crippen LogP contribution < -0.4 is 10.2 Å². The number of aromatic nitrogens is 2. The fourth-order valence-corrected chi connectivity index (χ4v) is 4.14. The number of carbonyl (C=O) groups is 1. The van der Waals surface area contributed by atoms with Crippen molar-refractivity contribution in [3.05, 3.63) is 41.5 Å². The normalized spacial score (nSPS) is 19.2. The zero-order valence-electron chi connectivity index (χ0n) is 17.1. The van der Waals surface area contributed by atoms with Gasteiger partial charge in [-0.05, 0) is 31.4 Å². The monoisotopic (exact) mass is 396 g/mol. The molecule has 0 bridgehead atoms. The number of hydrogen-bond acceptors (Lipinski definition) is 5. The Hall–Kier alpha value is -2.90. The molecule has 154 valence electrons. The van der Waals surface area contributed by atoms with E-state index in [9.17, 15) is 4.79 Å². The lowest BCUT2D eigenvalue weighted by atomic mass is 9.98. The lowest BCUT2D eigenvalue weighted by molar-refractivity contribution is -0.127. The fourth-order valence-electron chi connectivity index (χ4n) is 4.14. The molecule has 1 aromatic heterocycles. The van der Waals surface area contributed by atoms with Gasteiger partial charge in [-0.3, -0.25) is 4.79 Å². The van der Waals surface area contributed by atoms with Crippen molar-refractivity contribution < 1.29 is 9.32 Å². The van der Waals surface area contributed by atoms with Crippen LogP contribution in [0.3, 0.4) is 0 Å². The summed E-state index contributed by atoms with van der Waals surface area (Å²) in [5.74, 6) is 2.61. The molecule has 29 heavy (non-hydrogen) atoms. The minimum Gasteiger partial charge on any atom is -0.356 e. The molecule has 2 aliphatic rings. The molecule has 0 saturated carbocycles. The molecule has 1 fully saturated rings. The summed E-state index contributed by atoms with van der Waals surface area (Å²) in [5, 5.41) is 7.33. The van der Waals surface area contributed by atoms with Gasteiger partial charge in [-0.1, -0.05) is 23.4 Å². The van der Waals surface area contributed by atoms with Crippen molar-refractivity contribution in [1.82, 2.24) is 20.4 Å². The van der Waals surface area contributed by atoms with Gasteiger partial charge in [0.15, 0.2) is 11.8 Å². The van der Waals surface area contributed by atoms with E-state index in [4.69, 9.17) is 9.52 Å². The number of nitrogens with zero attached hydrogens (tertiary/aromatic N) is 5. The van der Waals surface area contributed by atoms with Crippen molar-refractivity contribution in [1.29, 1.82) is 0 Å². The Bertz CT molecular complexity index is 893. The number of aryl methyl sites for hydroxylation is 1. The van der Waals surface area contributed by atoms with Gasteiger partial charge in [-0.25, -0.2) is 4.99 Å². The van der Waals surface area contributed by atoms with Gasteiger partial charge in [0.2, 0.25) is 11.8 Å². The summed E-state index contributed by atoms with van der Waals surface area (Å²) in [4.78, 5) is 25.2. The van der Waals surface area contributed by atoms with E-state index in [1.165, 1.54) is 11.3 Å². The second-order valence-electron chi connectivity index (χ2n) is 7.54. The van der Waals surface area contributed by atoms with Crippen molar-refractivity contribution in [2.45, 2.75) is 45.6 Å². The van der Waals surface area contributed by atoms with Crippen molar-refractivity contribution in [2.75, 3.05) is 31.1 Å². The van der Waals surface area contributed by atoms with Gasteiger partial charge >= 0.3 is 0 Å². The van der Waals surface area contributed by atoms with Crippen LogP contribution in [0, 0.1) is 6.92 Å². The van der Waals surface area contributed by atoms with Crippen molar-refractivity contribution >= 4 is 17.6 Å². The molecule has 8 heteroatoms. The van der Waals surface area contributed by atoms with E-state index in [1.807, 2.05) is 4.90 Å². The smallest absolute Gasteiger partial charge is 0.223 e. The molecule has 0 radical (unpaired) electrons. The standard InChI is InChI=1S/C21H28N6O2/c1-3-22-21(23-13-19-24-15(2)29-25-19)27-14-16(17-7-4-5-8-18(17)27)10-12-26-11-6-9-20(26)28/h4-5,7-8,16H,3,6,9-14H2,1-2H3,(H,22,23). The molecule has 1 unspecified atom stereocenters. The summed E-state index contributed by atoms with van der Waals surface area (Å²) >= 11 is 0. The quantitative estimate of drug-likeness (QED) is 0.596. The summed E-state index contributed by atoms with van der Waals surface area (Å²) in [6.07, 6.45) is 2.64. The molecular formula is C21H28N6O2. The number of hydrogen-bond donors (Lipinski definition) is 1. The Morgan fingerprint density at radius 1 is 1.38 bits per heavy atom. The third-order valence-corrected chi connectivity index (χ3v) is 5.52. The number of amides is 1. The van der Waals surface area contributed by atoms with Gasteiger partial charge in [0.25, 0.3) is 0 Å². The Morgan fingerprint density at radius 2 is 2.24 bits per heavy atom. The van der Waals surface area contributed by atoms with Crippen LogP contribution in [0.4, 0.5) is 5.69 Å². The van der Waals surface area contributed by atoms with Crippen LogP contribution in [0.15, 0.2) is 33.8 Å². The first-order valence-electron chi connectivity index (χ1n) is 10.4. The summed E-state index contributed by atoms with van der Waals surface area (Å²) in [6.45, 7) is 7.54. The zero-order valence-corrected chi connectivity index (χ0v) is 17.1. The van der Waals surface area contributed by atoms with Gasteiger partial charge in [0.05, 0.1) is 0 Å². The molecular weight excluding hydrogens is 368 g/mol. The van der Waals surface area contributed by atoms with E-state index in [2.05, 4.69) is 51.5 Å². The molecule has 1 atom stereocenters. The lowest BCUT2D eigenvalue weighted by Gasteiger charge is -2.23. The van der Waals surface area contributed by atoms with Crippen molar-refractivity contribution in [3.63, 3.8) is 0 Å². The van der Waals surface area contributed by atoms with Gasteiger partial charge in [-0.15, -0.1) is 0 Å². The first kappa shape index (κ1) is 19.4.